The molecule has 1 rings (SSSR count). The Bertz CT molecular complexity index is 369. The summed E-state index contributed by atoms with van der Waals surface area (Å²) in [7, 11) is 0. The van der Waals surface area contributed by atoms with E-state index >= 15 is 0 Å². The summed E-state index contributed by atoms with van der Waals surface area (Å²) in [6.45, 7) is 0. The van der Waals surface area contributed by atoms with Crippen LogP contribution in [0.4, 0.5) is 0 Å². The van der Waals surface area contributed by atoms with Crippen molar-refractivity contribution in [2.24, 2.45) is 5.73 Å². The van der Waals surface area contributed by atoms with Crippen LogP contribution in [0.2, 0.25) is 0 Å². The van der Waals surface area contributed by atoms with Crippen molar-refractivity contribution in [3.8, 4) is 11.5 Å². The van der Waals surface area contributed by atoms with Gasteiger partial charge in [-0.05, 0) is 18.2 Å². The minimum Gasteiger partial charge on any atom is -0.504 e. The molecular weight excluding hydrogens is 218 g/mol. The van der Waals surface area contributed by atoms with Crippen LogP contribution in [0.25, 0.3) is 0 Å². The van der Waals surface area contributed by atoms with E-state index in [2.05, 4.69) is 0 Å². The van der Waals surface area contributed by atoms with Crippen LogP contribution >= 0.6 is 11.8 Å². The van der Waals surface area contributed by atoms with Gasteiger partial charge >= 0.3 is 5.97 Å². The normalized spacial score (nSPS) is 12.3. The quantitative estimate of drug-likeness (QED) is 0.445. The van der Waals surface area contributed by atoms with Gasteiger partial charge in [-0.2, -0.15) is 0 Å². The van der Waals surface area contributed by atoms with E-state index in [-0.39, 0.29) is 17.3 Å². The summed E-state index contributed by atoms with van der Waals surface area (Å²) in [5.41, 5.74) is 5.30. The minimum atomic E-state index is -1.06. The zero-order valence-electron chi connectivity index (χ0n) is 7.75. The lowest BCUT2D eigenvalue weighted by Gasteiger charge is -2.06. The molecule has 1 aromatic rings. The minimum absolute atomic E-state index is 0.207. The first kappa shape index (κ1) is 11.7. The predicted octanol–water partition coefficient (Wildman–Crippen LogP) is 0.602. The molecule has 1 aromatic carbocycles. The molecule has 0 aliphatic carbocycles. The number of aromatic hydroxyl groups is 2. The van der Waals surface area contributed by atoms with Crippen LogP contribution in [-0.4, -0.2) is 33.1 Å². The van der Waals surface area contributed by atoms with Gasteiger partial charge in [-0.1, -0.05) is 0 Å². The van der Waals surface area contributed by atoms with Crippen LogP contribution in [0.1, 0.15) is 0 Å². The number of thioether (sulfide) groups is 1. The monoisotopic (exact) mass is 229 g/mol. The third kappa shape index (κ3) is 3.34. The number of phenolic OH excluding ortho intramolecular Hbond substituents is 2. The predicted molar refractivity (Wildman–Crippen MR) is 56.1 cm³/mol. The largest absolute Gasteiger partial charge is 0.504 e. The molecule has 15 heavy (non-hydrogen) atoms. The highest BCUT2D eigenvalue weighted by atomic mass is 32.2. The van der Waals surface area contributed by atoms with E-state index in [0.717, 1.165) is 0 Å². The van der Waals surface area contributed by atoms with Crippen molar-refractivity contribution in [3.63, 3.8) is 0 Å². The first-order valence-corrected chi connectivity index (χ1v) is 5.12. The van der Waals surface area contributed by atoms with Gasteiger partial charge in [-0.3, -0.25) is 4.79 Å². The molecule has 1 unspecified atom stereocenters. The Kier molecular flexibility index (Phi) is 3.81. The number of rotatable bonds is 4. The van der Waals surface area contributed by atoms with Gasteiger partial charge in [0.1, 0.15) is 6.04 Å². The molecule has 0 fully saturated rings. The van der Waals surface area contributed by atoms with E-state index in [1.807, 2.05) is 0 Å². The number of nitrogens with two attached hydrogens (primary N) is 1. The lowest BCUT2D eigenvalue weighted by molar-refractivity contribution is -0.137. The molecule has 0 aliphatic heterocycles. The average Bonchev–Trinajstić information content (AvgIpc) is 2.19. The second-order valence-corrected chi connectivity index (χ2v) is 4.00. The number of carbonyl (C=O) groups is 1. The van der Waals surface area contributed by atoms with Crippen LogP contribution in [0.5, 0.6) is 11.5 Å². The van der Waals surface area contributed by atoms with Gasteiger partial charge in [-0.15, -0.1) is 11.8 Å². The molecular formula is C9H11NO4S. The first-order valence-electron chi connectivity index (χ1n) is 4.14. The van der Waals surface area contributed by atoms with Crippen LogP contribution in [0.3, 0.4) is 0 Å². The lowest BCUT2D eigenvalue weighted by atomic mass is 10.3. The van der Waals surface area contributed by atoms with Crippen molar-refractivity contribution in [2.45, 2.75) is 10.9 Å². The maximum Gasteiger partial charge on any atom is 0.321 e. The molecule has 6 heteroatoms. The molecule has 0 saturated carbocycles. The molecule has 0 spiro atoms. The Morgan fingerprint density at radius 1 is 1.40 bits per heavy atom. The number of hydrogen-bond acceptors (Lipinski definition) is 5. The zero-order chi connectivity index (χ0) is 11.4. The molecule has 5 N–H and O–H groups in total. The third-order valence-corrected chi connectivity index (χ3v) is 2.81. The smallest absolute Gasteiger partial charge is 0.321 e. The summed E-state index contributed by atoms with van der Waals surface area (Å²) in [5, 5.41) is 26.7. The maximum absolute atomic E-state index is 10.4. The summed E-state index contributed by atoms with van der Waals surface area (Å²) in [5.74, 6) is -1.30. The number of carboxylic acid groups (broad SMARTS) is 1. The van der Waals surface area contributed by atoms with Gasteiger partial charge in [0.25, 0.3) is 0 Å². The lowest BCUT2D eigenvalue weighted by Crippen LogP contribution is -2.32. The fourth-order valence-electron chi connectivity index (χ4n) is 0.850. The van der Waals surface area contributed by atoms with Crippen LogP contribution in [-0.2, 0) is 4.79 Å². The van der Waals surface area contributed by atoms with E-state index in [4.69, 9.17) is 21.1 Å². The van der Waals surface area contributed by atoms with Gasteiger partial charge in [0, 0.05) is 10.6 Å². The highest BCUT2D eigenvalue weighted by molar-refractivity contribution is 7.99. The number of aliphatic carboxylic acids is 1. The van der Waals surface area contributed by atoms with Crippen molar-refractivity contribution >= 4 is 17.7 Å². The Balaban J connectivity index is 2.58. The standard InChI is InChI=1S/C9H11NO4S/c10-6(9(13)14)4-15-5-1-2-7(11)8(12)3-5/h1-3,6,11-12H,4,10H2,(H,13,14). The molecule has 0 aliphatic rings. The highest BCUT2D eigenvalue weighted by Gasteiger charge is 2.11. The summed E-state index contributed by atoms with van der Waals surface area (Å²) >= 11 is 1.20. The summed E-state index contributed by atoms with van der Waals surface area (Å²) in [4.78, 5) is 11.1. The second-order valence-electron chi connectivity index (χ2n) is 2.91. The molecule has 0 aromatic heterocycles. The molecule has 82 valence electrons. The first-order chi connectivity index (χ1) is 7.00. The van der Waals surface area contributed by atoms with Gasteiger partial charge in [-0.25, -0.2) is 0 Å². The van der Waals surface area contributed by atoms with Crippen LogP contribution in [0, 0.1) is 0 Å². The maximum atomic E-state index is 10.4. The highest BCUT2D eigenvalue weighted by Crippen LogP contribution is 2.29. The summed E-state index contributed by atoms with van der Waals surface area (Å²) < 4.78 is 0. The number of hydrogen-bond donors (Lipinski definition) is 4. The Labute approximate surface area is 90.5 Å². The van der Waals surface area contributed by atoms with Crippen molar-refractivity contribution in [1.82, 2.24) is 0 Å². The van der Waals surface area contributed by atoms with E-state index in [1.165, 1.54) is 23.9 Å². The number of carboxylic acids is 1. The molecule has 0 bridgehead atoms. The molecule has 0 radical (unpaired) electrons. The Hall–Kier alpha value is -1.40. The van der Waals surface area contributed by atoms with Crippen molar-refractivity contribution < 1.29 is 20.1 Å². The molecule has 0 saturated heterocycles. The van der Waals surface area contributed by atoms with E-state index in [1.54, 1.807) is 6.07 Å². The van der Waals surface area contributed by atoms with E-state index < -0.39 is 12.0 Å². The third-order valence-electron chi connectivity index (χ3n) is 1.69. The average molecular weight is 229 g/mol. The van der Waals surface area contributed by atoms with E-state index in [0.29, 0.717) is 4.90 Å². The summed E-state index contributed by atoms with van der Waals surface area (Å²) in [6.07, 6.45) is 0. The Morgan fingerprint density at radius 3 is 2.60 bits per heavy atom. The van der Waals surface area contributed by atoms with Crippen molar-refractivity contribution in [3.05, 3.63) is 18.2 Å². The van der Waals surface area contributed by atoms with Crippen molar-refractivity contribution in [1.29, 1.82) is 0 Å². The van der Waals surface area contributed by atoms with E-state index in [9.17, 15) is 4.79 Å². The van der Waals surface area contributed by atoms with Gasteiger partial charge in [0.15, 0.2) is 11.5 Å². The fourth-order valence-corrected chi connectivity index (χ4v) is 1.72. The zero-order valence-corrected chi connectivity index (χ0v) is 8.57. The van der Waals surface area contributed by atoms with Crippen LogP contribution in [0.15, 0.2) is 23.1 Å². The second kappa shape index (κ2) is 4.90. The molecule has 0 amide bonds. The topological polar surface area (TPSA) is 104 Å². The van der Waals surface area contributed by atoms with Crippen molar-refractivity contribution in [2.75, 3.05) is 5.75 Å². The summed E-state index contributed by atoms with van der Waals surface area (Å²) in [6, 6.07) is 3.33. The Morgan fingerprint density at radius 2 is 2.07 bits per heavy atom. The molecule has 0 heterocycles. The SMILES string of the molecule is NC(CSc1ccc(O)c(O)c1)C(=O)O. The molecule has 1 atom stereocenters. The van der Waals surface area contributed by atoms with Gasteiger partial charge in [0.05, 0.1) is 0 Å². The number of benzene rings is 1. The van der Waals surface area contributed by atoms with Gasteiger partial charge in [0.2, 0.25) is 0 Å². The van der Waals surface area contributed by atoms with Crippen LogP contribution < -0.4 is 5.73 Å². The number of phenols is 2. The molecule has 5 nitrogen and oxygen atoms in total. The fraction of sp³-hybridized carbons (Fsp3) is 0.222. The van der Waals surface area contributed by atoms with Gasteiger partial charge < -0.3 is 21.1 Å².